The maximum Gasteiger partial charge on any atom is 0.148 e. The molecule has 10 N–H and O–H groups in total. The average Bonchev–Trinajstić information content (AvgIpc) is 1.58. The number of hydrogen-bond donors (Lipinski definition) is 9. The van der Waals surface area contributed by atoms with Gasteiger partial charge in [0.15, 0.2) is 0 Å². The number of fused-ring (bicyclic) bond motifs is 25. The number of aromatic nitrogens is 17. The molecule has 21 aromatic rings. The number of anilines is 5. The van der Waals surface area contributed by atoms with Gasteiger partial charge in [0.2, 0.25) is 0 Å². The van der Waals surface area contributed by atoms with Crippen LogP contribution in [0.3, 0.4) is 0 Å². The van der Waals surface area contributed by atoms with E-state index in [1.165, 1.54) is 0 Å². The highest BCUT2D eigenvalue weighted by atomic mass is 35.5. The van der Waals surface area contributed by atoms with E-state index in [2.05, 4.69) is 119 Å². The van der Waals surface area contributed by atoms with E-state index in [9.17, 15) is 29.9 Å². The fourth-order valence-electron chi connectivity index (χ4n) is 19.8. The molecule has 3 atom stereocenters. The lowest BCUT2D eigenvalue weighted by Crippen LogP contribution is -3.00. The van der Waals surface area contributed by atoms with Gasteiger partial charge in [0.1, 0.15) is 91.7 Å². The Kier molecular flexibility index (Phi) is 26.7. The van der Waals surface area contributed by atoms with Gasteiger partial charge in [-0.2, -0.15) is 0 Å². The van der Waals surface area contributed by atoms with Gasteiger partial charge in [0.05, 0.1) is 124 Å². The van der Waals surface area contributed by atoms with Gasteiger partial charge in [0.25, 0.3) is 0 Å². The number of likely N-dealkylation sites (N-methyl/N-ethyl adjacent to an activating group) is 2. The van der Waals surface area contributed by atoms with E-state index in [1.807, 2.05) is 202 Å². The predicted octanol–water partition coefficient (Wildman–Crippen LogP) is 13.9. The minimum Gasteiger partial charge on any atom is -1.00 e. The van der Waals surface area contributed by atoms with Crippen LogP contribution >= 0.6 is 0 Å². The number of hydrogen-bond acceptors (Lipinski definition) is 24. The number of para-hydroxylation sites is 10. The Hall–Kier alpha value is -14.0. The summed E-state index contributed by atoms with van der Waals surface area (Å²) in [5.41, 5.74) is 22.2. The Balaban J connectivity index is 0.000000114. The molecule has 0 bridgehead atoms. The third-order valence-electron chi connectivity index (χ3n) is 27.4. The number of nitrogens with zero attached hydrogens (tertiary/aromatic N) is 22. The van der Waals surface area contributed by atoms with Crippen LogP contribution in [0.5, 0.6) is 0 Å². The van der Waals surface area contributed by atoms with Gasteiger partial charge in [-0.25, -0.2) is 59.2 Å². The number of alkyl halides is 1. The smallest absolute Gasteiger partial charge is 0.148 e. The van der Waals surface area contributed by atoms with Crippen molar-refractivity contribution in [3.63, 3.8) is 0 Å². The lowest BCUT2D eigenvalue weighted by molar-refractivity contribution is -0.868. The zero-order valence-corrected chi connectivity index (χ0v) is 84.9. The van der Waals surface area contributed by atoms with Crippen molar-refractivity contribution in [2.75, 3.05) is 133 Å². The zero-order chi connectivity index (χ0) is 100. The van der Waals surface area contributed by atoms with E-state index in [1.54, 1.807) is 81.8 Å². The molecule has 3 aliphatic rings. The number of nitrogens with one attached hydrogen (secondary N) is 3. The van der Waals surface area contributed by atoms with Crippen molar-refractivity contribution in [3.05, 3.63) is 259 Å². The molecular formula is C111H126ClFN26O5. The molecule has 5 aromatic carbocycles. The summed E-state index contributed by atoms with van der Waals surface area (Å²) in [6, 6.07) is 71.1. The minimum absolute atomic E-state index is 0. The van der Waals surface area contributed by atoms with E-state index in [-0.39, 0.29) is 18.4 Å². The van der Waals surface area contributed by atoms with Crippen LogP contribution in [0.15, 0.2) is 231 Å². The number of benzene rings is 5. The van der Waals surface area contributed by atoms with Crippen LogP contribution in [0.25, 0.3) is 139 Å². The molecule has 3 aliphatic heterocycles. The molecule has 0 saturated carbocycles. The van der Waals surface area contributed by atoms with Crippen LogP contribution in [0.1, 0.15) is 116 Å². The highest BCUT2D eigenvalue weighted by Gasteiger charge is 2.34. The Morgan fingerprint density at radius 2 is 0.694 bits per heavy atom. The minimum atomic E-state index is -1.03. The van der Waals surface area contributed by atoms with Gasteiger partial charge in [-0.1, -0.05) is 60.7 Å². The number of aliphatic hydroxyl groups is 5. The predicted molar refractivity (Wildman–Crippen MR) is 572 cm³/mol. The SMILES string of the molecule is CC(C)(O)c1cc2ccc(N3CCC(N)C3)nc2n2c1nc1ccccc12.CC(C)(O)c1cc2ccc(NCCN3CC[C@H](F)C3)nc2n2c1nc1ccccc12.CC(C)(O)c1cc2ccc(NCC[N+](C)(C)C)nc2n2c1nc1ccccc12.CC(C)(O)c1cc2ccc(NCCn3ccnc3)nc2n2c1nc1ccccc12.CN(C)C1CCN(c2ccc3cc(C(C)(C)O)c4nc5ccccc5n4c3n2)C1.[Cl-]. The molecule has 0 aliphatic carbocycles. The van der Waals surface area contributed by atoms with Crippen LogP contribution < -0.4 is 43.9 Å². The number of quaternary nitrogens is 1. The van der Waals surface area contributed by atoms with Crippen molar-refractivity contribution in [3.8, 4) is 0 Å². The zero-order valence-electron chi connectivity index (χ0n) is 84.2. The molecule has 16 aromatic heterocycles. The number of rotatable bonds is 20. The molecule has 0 amide bonds. The fraction of sp³-hybridized carbons (Fsp3) is 0.342. The summed E-state index contributed by atoms with van der Waals surface area (Å²) >= 11 is 0. The van der Waals surface area contributed by atoms with Crippen molar-refractivity contribution < 1.29 is 46.8 Å². The van der Waals surface area contributed by atoms with Gasteiger partial charge in [0, 0.05) is 145 Å². The van der Waals surface area contributed by atoms with E-state index < -0.39 is 34.2 Å². The molecule has 19 heterocycles. The summed E-state index contributed by atoms with van der Waals surface area (Å²) in [4.78, 5) is 61.8. The van der Waals surface area contributed by atoms with Crippen molar-refractivity contribution in [2.45, 2.75) is 141 Å². The second kappa shape index (κ2) is 38.9. The van der Waals surface area contributed by atoms with Gasteiger partial charge >= 0.3 is 0 Å². The van der Waals surface area contributed by atoms with E-state index >= 15 is 0 Å². The Bertz CT molecular complexity index is 8370. The molecule has 31 nitrogen and oxygen atoms in total. The van der Waals surface area contributed by atoms with Crippen LogP contribution in [-0.4, -0.2) is 247 Å². The summed E-state index contributed by atoms with van der Waals surface area (Å²) in [5.74, 6) is 4.35. The van der Waals surface area contributed by atoms with E-state index in [0.717, 1.165) is 273 Å². The topological polar surface area (TPSA) is 345 Å². The first-order valence-corrected chi connectivity index (χ1v) is 49.2. The Morgan fingerprint density at radius 3 is 0.993 bits per heavy atom. The molecule has 0 radical (unpaired) electrons. The quantitative estimate of drug-likeness (QED) is 0.0320. The molecule has 3 fully saturated rings. The number of halogens is 2. The highest BCUT2D eigenvalue weighted by Crippen LogP contribution is 2.40. The Labute approximate surface area is 839 Å². The maximum absolute atomic E-state index is 13.4. The summed E-state index contributed by atoms with van der Waals surface area (Å²) in [5, 5.41) is 68.8. The second-order valence-electron chi connectivity index (χ2n) is 42.0. The van der Waals surface area contributed by atoms with Crippen molar-refractivity contribution in [1.29, 1.82) is 0 Å². The van der Waals surface area contributed by atoms with E-state index in [4.69, 9.17) is 55.6 Å². The van der Waals surface area contributed by atoms with Gasteiger partial charge in [-0.3, -0.25) is 26.9 Å². The third kappa shape index (κ3) is 20.0. The summed E-state index contributed by atoms with van der Waals surface area (Å²) < 4.78 is 26.6. The summed E-state index contributed by atoms with van der Waals surface area (Å²) in [7, 11) is 10.8. The van der Waals surface area contributed by atoms with Gasteiger partial charge in [-0.05, 0) is 254 Å². The maximum atomic E-state index is 13.4. The Morgan fingerprint density at radius 1 is 0.375 bits per heavy atom. The monoisotopic (exact) mass is 1960 g/mol. The molecule has 3 saturated heterocycles. The second-order valence-corrected chi connectivity index (χ2v) is 42.0. The molecule has 744 valence electrons. The number of nitrogens with two attached hydrogens (primary N) is 1. The summed E-state index contributed by atoms with van der Waals surface area (Å²) in [6.45, 7) is 27.9. The van der Waals surface area contributed by atoms with Crippen LogP contribution in [0, 0.1) is 0 Å². The molecule has 24 rings (SSSR count). The highest BCUT2D eigenvalue weighted by molar-refractivity contribution is 5.97. The standard InChI is InChI=1S/C23H26FN5O.C23H27N5O.C22H22N6O.C22H28N5O.C21H23N5O.ClH/c1-23(2,30)17-13-15-7-8-20(25-10-12-28-11-9-16(24)14-28)27-21(15)29-19-6-4-3-5-18(19)26-22(17)29;1-23(2,29)17-13-15-9-10-20(27-12-11-16(14-27)26(3)4)25-21(15)28-19-8-6-5-7-18(19)24-22(17)28;1-22(2,29)16-13-15-7-8-19(24-10-12-27-11-9-23-14-27)26-20(15)28-18-6-4-3-5-17(18)25-21(16)28;1-22(2,28)16-14-15-10-11-19(23-12-13-27(3,4)5)25-20(15)26-18-9-7-6-8-17(18)24-21(16)26;1-21(2,27)15-11-13-7-8-18(25-10-9-14(22)12-25)24-19(13)26-17-6-4-3-5-16(17)23-20(15)26;/h3-8,13,16,30H,9-12,14H2,1-2H3,(H,25,27);5-10,13,16,29H,11-12,14H2,1-4H3;3-9,11,13-14,29H,10,12H2,1-2H3,(H,24,26);6-11,14,28H,12-13H2,1-5H3,(H,23,25);3-8,11,14,27H,9-10,12,22H2,1-2H3;1H/q;;;+1;;/p-1/t16-;;;;;/m0...../s1. The first-order valence-electron chi connectivity index (χ1n) is 49.2. The van der Waals surface area contributed by atoms with Gasteiger partial charge in [-0.15, -0.1) is 0 Å². The van der Waals surface area contributed by atoms with Crippen LogP contribution in [0.4, 0.5) is 33.5 Å². The molecular weight excluding hydrogens is 1830 g/mol. The number of likely N-dealkylation sites (tertiary alicyclic amines) is 1. The van der Waals surface area contributed by atoms with Gasteiger partial charge < -0.3 is 83.4 Å². The first kappa shape index (κ1) is 98.7. The average molecular weight is 1960 g/mol. The van der Waals surface area contributed by atoms with Crippen LogP contribution in [0.2, 0.25) is 0 Å². The lowest BCUT2D eigenvalue weighted by Gasteiger charge is -2.24. The number of imidazole rings is 6. The molecule has 0 spiro atoms. The lowest BCUT2D eigenvalue weighted by atomic mass is 9.98. The molecule has 33 heteroatoms. The van der Waals surface area contributed by atoms with Crippen molar-refractivity contribution in [2.24, 2.45) is 5.73 Å². The van der Waals surface area contributed by atoms with Crippen molar-refractivity contribution >= 4 is 168 Å². The van der Waals surface area contributed by atoms with Crippen LogP contribution in [-0.2, 0) is 34.6 Å². The summed E-state index contributed by atoms with van der Waals surface area (Å²) in [6.07, 6.45) is 7.58. The first-order chi connectivity index (χ1) is 68.3. The third-order valence-corrected chi connectivity index (χ3v) is 27.4. The van der Waals surface area contributed by atoms with E-state index in [0.29, 0.717) is 31.2 Å². The fourth-order valence-corrected chi connectivity index (χ4v) is 19.8. The van der Waals surface area contributed by atoms with Crippen molar-refractivity contribution in [1.82, 2.24) is 91.2 Å². The molecule has 144 heavy (non-hydrogen) atoms. The normalized spacial score (nSPS) is 15.8. The largest absolute Gasteiger partial charge is 1.00 e. The molecule has 2 unspecified atom stereocenters. The number of pyridine rings is 10.